The number of hydrogen-bond donors (Lipinski definition) is 1. The van der Waals surface area contributed by atoms with E-state index in [-0.39, 0.29) is 5.75 Å². The largest absolute Gasteiger partial charge is 0.282 e. The van der Waals surface area contributed by atoms with Crippen molar-refractivity contribution in [3.63, 3.8) is 0 Å². The van der Waals surface area contributed by atoms with Gasteiger partial charge in [0.05, 0.1) is 17.1 Å². The fraction of sp³-hybridized carbons (Fsp3) is 0.333. The van der Waals surface area contributed by atoms with Gasteiger partial charge in [0.2, 0.25) is 0 Å². The lowest BCUT2D eigenvalue weighted by atomic mass is 10.1. The molecule has 18 heavy (non-hydrogen) atoms. The van der Waals surface area contributed by atoms with Gasteiger partial charge in [0.1, 0.15) is 0 Å². The number of nitrogens with zero attached hydrogens (tertiary/aromatic N) is 2. The van der Waals surface area contributed by atoms with E-state index < -0.39 is 9.84 Å². The molecule has 0 fully saturated rings. The van der Waals surface area contributed by atoms with Gasteiger partial charge in [-0.25, -0.2) is 8.42 Å². The van der Waals surface area contributed by atoms with Crippen molar-refractivity contribution in [2.75, 3.05) is 6.26 Å². The number of rotatable bonds is 3. The second-order valence-corrected chi connectivity index (χ2v) is 6.57. The molecule has 96 valence electrons. The van der Waals surface area contributed by atoms with Crippen LogP contribution in [-0.2, 0) is 15.6 Å². The quantitative estimate of drug-likeness (QED) is 0.915. The van der Waals surface area contributed by atoms with Crippen LogP contribution in [0.4, 0.5) is 0 Å². The second-order valence-electron chi connectivity index (χ2n) is 4.43. The fourth-order valence-corrected chi connectivity index (χ4v) is 2.67. The summed E-state index contributed by atoms with van der Waals surface area (Å²) in [5.74, 6) is 0.0175. The Kier molecular flexibility index (Phi) is 3.21. The Bertz CT molecular complexity index is 638. The highest BCUT2D eigenvalue weighted by Gasteiger charge is 2.11. The molecule has 0 aliphatic heterocycles. The van der Waals surface area contributed by atoms with Gasteiger partial charge in [-0.1, -0.05) is 6.07 Å². The summed E-state index contributed by atoms with van der Waals surface area (Å²) in [4.78, 5) is 4.30. The lowest BCUT2D eigenvalue weighted by Gasteiger charge is -2.03. The van der Waals surface area contributed by atoms with E-state index in [0.29, 0.717) is 5.56 Å². The third-order valence-corrected chi connectivity index (χ3v) is 3.50. The van der Waals surface area contributed by atoms with Gasteiger partial charge in [0, 0.05) is 23.7 Å². The van der Waals surface area contributed by atoms with Crippen LogP contribution >= 0.6 is 0 Å². The summed E-state index contributed by atoms with van der Waals surface area (Å²) in [6.45, 7) is 3.84. The molecule has 0 unspecified atom stereocenters. The fourth-order valence-electron chi connectivity index (χ4n) is 1.89. The minimum atomic E-state index is -3.02. The van der Waals surface area contributed by atoms with Crippen molar-refractivity contribution in [2.24, 2.45) is 0 Å². The first-order valence-corrected chi connectivity index (χ1v) is 7.57. The van der Waals surface area contributed by atoms with E-state index in [9.17, 15) is 8.42 Å². The normalized spacial score (nSPS) is 11.7. The Morgan fingerprint density at radius 3 is 2.44 bits per heavy atom. The SMILES string of the molecule is Cc1n[nH]c(C)c1-c1ccc(CS(C)(=O)=O)cn1. The summed E-state index contributed by atoms with van der Waals surface area (Å²) in [7, 11) is -3.02. The summed E-state index contributed by atoms with van der Waals surface area (Å²) < 4.78 is 22.4. The first-order valence-electron chi connectivity index (χ1n) is 5.51. The molecular formula is C12H15N3O2S. The summed E-state index contributed by atoms with van der Waals surface area (Å²) in [5, 5.41) is 7.02. The van der Waals surface area contributed by atoms with Gasteiger partial charge in [-0.15, -0.1) is 0 Å². The molecule has 0 saturated carbocycles. The number of hydrogen-bond acceptors (Lipinski definition) is 4. The number of aromatic nitrogens is 3. The lowest BCUT2D eigenvalue weighted by molar-refractivity contribution is 0.601. The third kappa shape index (κ3) is 2.76. The number of H-pyrrole nitrogens is 1. The zero-order valence-electron chi connectivity index (χ0n) is 10.6. The van der Waals surface area contributed by atoms with Gasteiger partial charge in [0.25, 0.3) is 0 Å². The smallest absolute Gasteiger partial charge is 0.151 e. The molecule has 0 aliphatic rings. The molecule has 0 saturated heterocycles. The summed E-state index contributed by atoms with van der Waals surface area (Å²) in [6.07, 6.45) is 2.81. The highest BCUT2D eigenvalue weighted by atomic mass is 32.2. The average molecular weight is 265 g/mol. The Morgan fingerprint density at radius 2 is 2.00 bits per heavy atom. The molecule has 5 nitrogen and oxygen atoms in total. The monoisotopic (exact) mass is 265 g/mol. The van der Waals surface area contributed by atoms with E-state index in [4.69, 9.17) is 0 Å². The molecule has 0 atom stereocenters. The van der Waals surface area contributed by atoms with E-state index in [1.165, 1.54) is 6.26 Å². The zero-order chi connectivity index (χ0) is 13.3. The molecule has 0 spiro atoms. The molecule has 0 aliphatic carbocycles. The molecule has 0 radical (unpaired) electrons. The van der Waals surface area contributed by atoms with Crippen LogP contribution in [0.2, 0.25) is 0 Å². The maximum absolute atomic E-state index is 11.2. The molecule has 0 amide bonds. The Labute approximate surface area is 106 Å². The van der Waals surface area contributed by atoms with Gasteiger partial charge in [-0.3, -0.25) is 10.1 Å². The molecule has 0 aromatic carbocycles. The number of sulfone groups is 1. The Hall–Kier alpha value is -1.69. The standard InChI is InChI=1S/C12H15N3O2S/c1-8-12(9(2)15-14-8)11-5-4-10(6-13-11)7-18(3,16)17/h4-6H,7H2,1-3H3,(H,14,15). The van der Waals surface area contributed by atoms with Gasteiger partial charge >= 0.3 is 0 Å². The lowest BCUT2D eigenvalue weighted by Crippen LogP contribution is -2.01. The minimum Gasteiger partial charge on any atom is -0.282 e. The van der Waals surface area contributed by atoms with Crippen molar-refractivity contribution in [3.8, 4) is 11.3 Å². The van der Waals surface area contributed by atoms with E-state index in [1.807, 2.05) is 19.9 Å². The summed E-state index contributed by atoms with van der Waals surface area (Å²) >= 11 is 0. The molecule has 2 heterocycles. The second kappa shape index (κ2) is 4.53. The molecule has 6 heteroatoms. The Balaban J connectivity index is 2.34. The summed E-state index contributed by atoms with van der Waals surface area (Å²) in [6, 6.07) is 3.61. The van der Waals surface area contributed by atoms with Crippen molar-refractivity contribution in [2.45, 2.75) is 19.6 Å². The van der Waals surface area contributed by atoms with Gasteiger partial charge < -0.3 is 0 Å². The predicted octanol–water partition coefficient (Wildman–Crippen LogP) is 1.63. The highest BCUT2D eigenvalue weighted by Crippen LogP contribution is 2.23. The first-order chi connectivity index (χ1) is 8.37. The van der Waals surface area contributed by atoms with Gasteiger partial charge in [0.15, 0.2) is 9.84 Å². The average Bonchev–Trinajstić information content (AvgIpc) is 2.58. The van der Waals surface area contributed by atoms with Crippen molar-refractivity contribution in [1.29, 1.82) is 0 Å². The maximum Gasteiger partial charge on any atom is 0.151 e. The van der Waals surface area contributed by atoms with E-state index in [2.05, 4.69) is 15.2 Å². The molecule has 2 aromatic heterocycles. The number of aryl methyl sites for hydroxylation is 2. The summed E-state index contributed by atoms with van der Waals surface area (Å²) in [5.41, 5.74) is 4.31. The van der Waals surface area contributed by atoms with Crippen LogP contribution in [0.5, 0.6) is 0 Å². The van der Waals surface area contributed by atoms with Gasteiger partial charge in [-0.05, 0) is 25.5 Å². The Morgan fingerprint density at radius 1 is 1.28 bits per heavy atom. The van der Waals surface area contributed by atoms with Crippen LogP contribution in [0.1, 0.15) is 17.0 Å². The zero-order valence-corrected chi connectivity index (χ0v) is 11.4. The van der Waals surface area contributed by atoms with Crippen LogP contribution in [0.25, 0.3) is 11.3 Å². The number of aromatic amines is 1. The molecule has 2 rings (SSSR count). The highest BCUT2D eigenvalue weighted by molar-refractivity contribution is 7.89. The molecular weight excluding hydrogens is 250 g/mol. The predicted molar refractivity (Wildman–Crippen MR) is 69.8 cm³/mol. The van der Waals surface area contributed by atoms with Crippen LogP contribution in [-0.4, -0.2) is 29.9 Å². The maximum atomic E-state index is 11.2. The van der Waals surface area contributed by atoms with Gasteiger partial charge in [-0.2, -0.15) is 5.10 Å². The molecule has 2 aromatic rings. The van der Waals surface area contributed by atoms with Crippen LogP contribution in [0.3, 0.4) is 0 Å². The number of nitrogens with one attached hydrogen (secondary N) is 1. The first kappa shape index (κ1) is 12.8. The molecule has 0 bridgehead atoms. The van der Waals surface area contributed by atoms with Crippen LogP contribution in [0.15, 0.2) is 18.3 Å². The van der Waals surface area contributed by atoms with Crippen molar-refractivity contribution in [3.05, 3.63) is 35.3 Å². The van der Waals surface area contributed by atoms with Crippen molar-refractivity contribution < 1.29 is 8.42 Å². The van der Waals surface area contributed by atoms with Crippen molar-refractivity contribution >= 4 is 9.84 Å². The molecule has 1 N–H and O–H groups in total. The van der Waals surface area contributed by atoms with E-state index in [0.717, 1.165) is 22.6 Å². The van der Waals surface area contributed by atoms with E-state index in [1.54, 1.807) is 12.3 Å². The van der Waals surface area contributed by atoms with E-state index >= 15 is 0 Å². The van der Waals surface area contributed by atoms with Crippen LogP contribution < -0.4 is 0 Å². The minimum absolute atomic E-state index is 0.0175. The van der Waals surface area contributed by atoms with Crippen molar-refractivity contribution in [1.82, 2.24) is 15.2 Å². The topological polar surface area (TPSA) is 75.7 Å². The van der Waals surface area contributed by atoms with Crippen LogP contribution in [0, 0.1) is 13.8 Å². The third-order valence-electron chi connectivity index (χ3n) is 2.64. The number of pyridine rings is 1.